The van der Waals surface area contributed by atoms with Gasteiger partial charge in [0.2, 0.25) is 0 Å². The molecule has 3 heteroatoms. The second kappa shape index (κ2) is 11.9. The van der Waals surface area contributed by atoms with Gasteiger partial charge >= 0.3 is 0 Å². The summed E-state index contributed by atoms with van der Waals surface area (Å²) in [5.74, 6) is 3.69. The molecule has 2 fully saturated rings. The third-order valence-corrected chi connectivity index (χ3v) is 10.1. The molecule has 0 N–H and O–H groups in total. The SMILES string of the molecule is CCOCC[C@H]1C[C@]2(C)C(OCc3ccccc3)CC[C@H]2[C@@H]2CCc3cc(OCc4ccccc4)ccc3[C@@H]12. The molecule has 0 radical (unpaired) electrons. The van der Waals surface area contributed by atoms with Gasteiger partial charge in [-0.15, -0.1) is 0 Å². The summed E-state index contributed by atoms with van der Waals surface area (Å²) in [7, 11) is 0. The summed E-state index contributed by atoms with van der Waals surface area (Å²) >= 11 is 0. The van der Waals surface area contributed by atoms with Crippen molar-refractivity contribution < 1.29 is 14.2 Å². The molecule has 3 aliphatic rings. The van der Waals surface area contributed by atoms with Crippen LogP contribution in [0.3, 0.4) is 0 Å². The van der Waals surface area contributed by atoms with Crippen molar-refractivity contribution >= 4 is 0 Å². The molecule has 0 aliphatic heterocycles. The van der Waals surface area contributed by atoms with Crippen molar-refractivity contribution in [3.8, 4) is 5.75 Å². The van der Waals surface area contributed by atoms with Gasteiger partial charge in [0.15, 0.2) is 0 Å². The number of fused-ring (bicyclic) bond motifs is 5. The minimum absolute atomic E-state index is 0.239. The van der Waals surface area contributed by atoms with Gasteiger partial charge < -0.3 is 14.2 Å². The summed E-state index contributed by atoms with van der Waals surface area (Å²) < 4.78 is 18.9. The molecular formula is C36H44O3. The molecule has 0 heterocycles. The molecule has 6 rings (SSSR count). The maximum atomic E-state index is 6.72. The van der Waals surface area contributed by atoms with E-state index in [-0.39, 0.29) is 5.41 Å². The number of benzene rings is 3. The molecule has 3 nitrogen and oxygen atoms in total. The van der Waals surface area contributed by atoms with Crippen molar-refractivity contribution in [1.29, 1.82) is 0 Å². The minimum Gasteiger partial charge on any atom is -0.489 e. The second-order valence-electron chi connectivity index (χ2n) is 12.3. The molecule has 39 heavy (non-hydrogen) atoms. The lowest BCUT2D eigenvalue weighted by atomic mass is 9.51. The molecular weight excluding hydrogens is 480 g/mol. The van der Waals surface area contributed by atoms with Gasteiger partial charge in [0, 0.05) is 13.2 Å². The molecule has 0 spiro atoms. The first-order valence-electron chi connectivity index (χ1n) is 15.2. The van der Waals surface area contributed by atoms with Crippen molar-refractivity contribution in [3.63, 3.8) is 0 Å². The van der Waals surface area contributed by atoms with Gasteiger partial charge in [0.05, 0.1) is 12.7 Å². The standard InChI is InChI=1S/C36H44O3/c1-3-37-21-20-29-23-36(2)33(18-19-34(36)39-25-27-12-8-5-9-13-27)32-16-14-28-22-30(15-17-31(28)35(29)32)38-24-26-10-6-4-7-11-26/h4-13,15,17,22,29,32-35H,3,14,16,18-21,23-25H2,1-2H3/t29-,32-,33-,34?,35+,36-/m0/s1. The highest BCUT2D eigenvalue weighted by Crippen LogP contribution is 2.64. The zero-order valence-corrected chi connectivity index (χ0v) is 23.7. The van der Waals surface area contributed by atoms with Crippen molar-refractivity contribution in [2.24, 2.45) is 23.2 Å². The normalized spacial score (nSPS) is 29.3. The van der Waals surface area contributed by atoms with Gasteiger partial charge in [-0.2, -0.15) is 0 Å². The van der Waals surface area contributed by atoms with Crippen LogP contribution in [0.5, 0.6) is 5.75 Å². The first-order chi connectivity index (χ1) is 19.2. The van der Waals surface area contributed by atoms with E-state index in [1.54, 1.807) is 5.56 Å². The number of rotatable bonds is 10. The van der Waals surface area contributed by atoms with Gasteiger partial charge in [-0.3, -0.25) is 0 Å². The van der Waals surface area contributed by atoms with Crippen LogP contribution in [0.15, 0.2) is 78.9 Å². The number of hydrogen-bond acceptors (Lipinski definition) is 3. The molecule has 0 aromatic heterocycles. The third-order valence-electron chi connectivity index (χ3n) is 10.1. The molecule has 6 atom stereocenters. The van der Waals surface area contributed by atoms with Crippen LogP contribution in [0.2, 0.25) is 0 Å². The van der Waals surface area contributed by atoms with Crippen LogP contribution >= 0.6 is 0 Å². The van der Waals surface area contributed by atoms with E-state index in [1.165, 1.54) is 42.4 Å². The number of hydrogen-bond donors (Lipinski definition) is 0. The Balaban J connectivity index is 1.22. The van der Waals surface area contributed by atoms with E-state index < -0.39 is 0 Å². The smallest absolute Gasteiger partial charge is 0.120 e. The summed E-state index contributed by atoms with van der Waals surface area (Å²) in [6.07, 6.45) is 7.62. The monoisotopic (exact) mass is 524 g/mol. The van der Waals surface area contributed by atoms with Gasteiger partial charge in [0.1, 0.15) is 12.4 Å². The quantitative estimate of drug-likeness (QED) is 0.249. The lowest BCUT2D eigenvalue weighted by Crippen LogP contribution is -2.48. The lowest BCUT2D eigenvalue weighted by molar-refractivity contribution is -0.0898. The highest BCUT2D eigenvalue weighted by atomic mass is 16.5. The van der Waals surface area contributed by atoms with Gasteiger partial charge in [0.25, 0.3) is 0 Å². The first kappa shape index (κ1) is 26.6. The van der Waals surface area contributed by atoms with E-state index in [1.807, 2.05) is 0 Å². The minimum atomic E-state index is 0.239. The highest BCUT2D eigenvalue weighted by Gasteiger charge is 2.58. The fourth-order valence-corrected chi connectivity index (χ4v) is 8.35. The molecule has 206 valence electrons. The maximum absolute atomic E-state index is 6.72. The van der Waals surface area contributed by atoms with E-state index in [2.05, 4.69) is 92.7 Å². The van der Waals surface area contributed by atoms with E-state index in [0.29, 0.717) is 24.5 Å². The molecule has 2 saturated carbocycles. The van der Waals surface area contributed by atoms with Crippen LogP contribution in [-0.4, -0.2) is 19.3 Å². The molecule has 3 aromatic carbocycles. The summed E-state index contributed by atoms with van der Waals surface area (Å²) in [6.45, 7) is 7.66. The Bertz CT molecular complexity index is 1210. The first-order valence-corrected chi connectivity index (χ1v) is 15.2. The van der Waals surface area contributed by atoms with E-state index >= 15 is 0 Å². The molecule has 0 saturated heterocycles. The van der Waals surface area contributed by atoms with E-state index in [9.17, 15) is 0 Å². The Labute approximate surface area is 234 Å². The van der Waals surface area contributed by atoms with Crippen LogP contribution in [0.1, 0.15) is 74.1 Å². The van der Waals surface area contributed by atoms with Crippen molar-refractivity contribution in [2.45, 2.75) is 77.6 Å². The van der Waals surface area contributed by atoms with Gasteiger partial charge in [-0.1, -0.05) is 73.7 Å². The highest BCUT2D eigenvalue weighted by molar-refractivity contribution is 5.41. The Hall–Kier alpha value is -2.62. The maximum Gasteiger partial charge on any atom is 0.120 e. The van der Waals surface area contributed by atoms with Crippen molar-refractivity contribution in [2.75, 3.05) is 13.2 Å². The molecule has 3 aromatic rings. The average molecular weight is 525 g/mol. The Kier molecular flexibility index (Phi) is 8.09. The fraction of sp³-hybridized carbons (Fsp3) is 0.500. The zero-order chi connectivity index (χ0) is 26.7. The average Bonchev–Trinajstić information content (AvgIpc) is 3.31. The van der Waals surface area contributed by atoms with Crippen LogP contribution in [0, 0.1) is 23.2 Å². The fourth-order valence-electron chi connectivity index (χ4n) is 8.35. The summed E-state index contributed by atoms with van der Waals surface area (Å²) in [5.41, 5.74) is 5.81. The predicted octanol–water partition coefficient (Wildman–Crippen LogP) is 8.36. The van der Waals surface area contributed by atoms with E-state index in [0.717, 1.165) is 50.2 Å². The number of ether oxygens (including phenoxy) is 3. The predicted molar refractivity (Wildman–Crippen MR) is 157 cm³/mol. The Morgan fingerprint density at radius 2 is 1.59 bits per heavy atom. The summed E-state index contributed by atoms with van der Waals surface area (Å²) in [5, 5.41) is 0. The van der Waals surface area contributed by atoms with Crippen LogP contribution in [-0.2, 0) is 29.1 Å². The van der Waals surface area contributed by atoms with Crippen LogP contribution in [0.25, 0.3) is 0 Å². The van der Waals surface area contributed by atoms with Gasteiger partial charge in [-0.05, 0) is 109 Å². The van der Waals surface area contributed by atoms with Crippen molar-refractivity contribution in [1.82, 2.24) is 0 Å². The topological polar surface area (TPSA) is 27.7 Å². The van der Waals surface area contributed by atoms with Gasteiger partial charge in [-0.25, -0.2) is 0 Å². The molecule has 3 aliphatic carbocycles. The van der Waals surface area contributed by atoms with E-state index in [4.69, 9.17) is 14.2 Å². The summed E-state index contributed by atoms with van der Waals surface area (Å²) in [6, 6.07) is 28.1. The largest absolute Gasteiger partial charge is 0.489 e. The molecule has 1 unspecified atom stereocenters. The number of aryl methyl sites for hydroxylation is 1. The van der Waals surface area contributed by atoms with Crippen LogP contribution in [0.4, 0.5) is 0 Å². The third kappa shape index (κ3) is 5.54. The van der Waals surface area contributed by atoms with Crippen LogP contribution < -0.4 is 4.74 Å². The molecule has 0 bridgehead atoms. The van der Waals surface area contributed by atoms with Crippen molar-refractivity contribution in [3.05, 3.63) is 101 Å². The zero-order valence-electron chi connectivity index (χ0n) is 23.7. The Morgan fingerprint density at radius 1 is 0.846 bits per heavy atom. The molecule has 0 amide bonds. The Morgan fingerprint density at radius 3 is 2.33 bits per heavy atom. The summed E-state index contributed by atoms with van der Waals surface area (Å²) in [4.78, 5) is 0. The lowest BCUT2D eigenvalue weighted by Gasteiger charge is -2.54. The second-order valence-corrected chi connectivity index (χ2v) is 12.3.